The van der Waals surface area contributed by atoms with Crippen LogP contribution >= 0.6 is 0 Å². The van der Waals surface area contributed by atoms with Gasteiger partial charge in [-0.15, -0.1) is 0 Å². The molecule has 0 saturated carbocycles. The Bertz CT molecular complexity index is 870. The normalized spacial score (nSPS) is 16.2. The third-order valence-electron chi connectivity index (χ3n) is 4.87. The summed E-state index contributed by atoms with van der Waals surface area (Å²) in [6, 6.07) is 18.4. The van der Waals surface area contributed by atoms with Crippen molar-refractivity contribution in [2.75, 3.05) is 6.54 Å². The number of carbonyl (C=O) groups is 1. The van der Waals surface area contributed by atoms with E-state index in [0.717, 1.165) is 18.5 Å². The van der Waals surface area contributed by atoms with Crippen LogP contribution in [0.1, 0.15) is 40.2 Å². The molecule has 0 radical (unpaired) electrons. The van der Waals surface area contributed by atoms with Crippen molar-refractivity contribution in [3.05, 3.63) is 83.7 Å². The second kappa shape index (κ2) is 6.93. The first-order valence-electron chi connectivity index (χ1n) is 8.77. The van der Waals surface area contributed by atoms with Gasteiger partial charge in [0.2, 0.25) is 0 Å². The van der Waals surface area contributed by atoms with Gasteiger partial charge in [-0.3, -0.25) is 4.79 Å². The molecule has 1 aromatic heterocycles. The van der Waals surface area contributed by atoms with Gasteiger partial charge in [0, 0.05) is 18.7 Å². The molecule has 0 bridgehead atoms. The van der Waals surface area contributed by atoms with Crippen molar-refractivity contribution in [2.24, 2.45) is 0 Å². The van der Waals surface area contributed by atoms with Crippen molar-refractivity contribution in [3.8, 4) is 5.69 Å². The fourth-order valence-corrected chi connectivity index (χ4v) is 3.55. The highest BCUT2D eigenvalue weighted by molar-refractivity contribution is 5.93. The van der Waals surface area contributed by atoms with Crippen molar-refractivity contribution in [2.45, 2.75) is 25.2 Å². The molecule has 1 amide bonds. The number of carbonyl (C=O) groups excluding carboxylic acids is 1. The molecular weight excluding hydrogens is 310 g/mol. The predicted molar refractivity (Wildman–Crippen MR) is 98.0 cm³/mol. The predicted octanol–water partition coefficient (Wildman–Crippen LogP) is 3.72. The minimum Gasteiger partial charge on any atom is -0.351 e. The number of aromatic nitrogens is 2. The van der Waals surface area contributed by atoms with E-state index in [1.165, 1.54) is 17.5 Å². The molecule has 25 heavy (non-hydrogen) atoms. The lowest BCUT2D eigenvalue weighted by Gasteiger charge is -2.25. The first-order valence-corrected chi connectivity index (χ1v) is 8.77. The highest BCUT2D eigenvalue weighted by Crippen LogP contribution is 2.30. The average molecular weight is 331 g/mol. The largest absolute Gasteiger partial charge is 0.351 e. The fraction of sp³-hybridized carbons (Fsp3) is 0.238. The number of rotatable bonds is 4. The van der Waals surface area contributed by atoms with E-state index in [-0.39, 0.29) is 5.91 Å². The molecule has 1 aliphatic rings. The van der Waals surface area contributed by atoms with E-state index in [1.807, 2.05) is 30.3 Å². The Morgan fingerprint density at radius 2 is 1.92 bits per heavy atom. The number of nitrogens with zero attached hydrogens (tertiary/aromatic N) is 2. The molecule has 4 nitrogen and oxygen atoms in total. The van der Waals surface area contributed by atoms with Crippen LogP contribution in [0.25, 0.3) is 5.69 Å². The first-order chi connectivity index (χ1) is 12.3. The van der Waals surface area contributed by atoms with Crippen molar-refractivity contribution in [1.29, 1.82) is 0 Å². The van der Waals surface area contributed by atoms with Gasteiger partial charge in [0.15, 0.2) is 0 Å². The van der Waals surface area contributed by atoms with E-state index in [0.29, 0.717) is 18.0 Å². The second-order valence-corrected chi connectivity index (χ2v) is 6.51. The van der Waals surface area contributed by atoms with Gasteiger partial charge in [0.1, 0.15) is 0 Å². The van der Waals surface area contributed by atoms with Crippen LogP contribution < -0.4 is 5.32 Å². The minimum atomic E-state index is -0.0646. The van der Waals surface area contributed by atoms with Gasteiger partial charge in [-0.05, 0) is 42.5 Å². The van der Waals surface area contributed by atoms with Crippen molar-refractivity contribution >= 4 is 5.91 Å². The maximum absolute atomic E-state index is 12.5. The molecule has 2 aromatic carbocycles. The topological polar surface area (TPSA) is 46.9 Å². The summed E-state index contributed by atoms with van der Waals surface area (Å²) in [5.74, 6) is 0.336. The van der Waals surface area contributed by atoms with E-state index in [4.69, 9.17) is 0 Å². The van der Waals surface area contributed by atoms with E-state index >= 15 is 0 Å². The Hall–Kier alpha value is -2.88. The van der Waals surface area contributed by atoms with Gasteiger partial charge < -0.3 is 5.32 Å². The van der Waals surface area contributed by atoms with Crippen LogP contribution in [0.2, 0.25) is 0 Å². The molecule has 1 atom stereocenters. The molecule has 1 aliphatic carbocycles. The van der Waals surface area contributed by atoms with Crippen LogP contribution in [-0.2, 0) is 6.42 Å². The van der Waals surface area contributed by atoms with Gasteiger partial charge in [-0.2, -0.15) is 5.10 Å². The number of amides is 1. The lowest BCUT2D eigenvalue weighted by atomic mass is 9.83. The van der Waals surface area contributed by atoms with Crippen molar-refractivity contribution in [3.63, 3.8) is 0 Å². The van der Waals surface area contributed by atoms with E-state index in [9.17, 15) is 4.79 Å². The number of hydrogen-bond acceptors (Lipinski definition) is 2. The molecule has 0 aliphatic heterocycles. The molecule has 126 valence electrons. The number of hydrogen-bond donors (Lipinski definition) is 1. The van der Waals surface area contributed by atoms with E-state index in [2.05, 4.69) is 34.7 Å². The Labute approximate surface area is 147 Å². The van der Waals surface area contributed by atoms with Crippen LogP contribution in [0.5, 0.6) is 0 Å². The van der Waals surface area contributed by atoms with Crippen LogP contribution in [0.4, 0.5) is 0 Å². The third kappa shape index (κ3) is 3.33. The Kier molecular flexibility index (Phi) is 4.34. The highest BCUT2D eigenvalue weighted by atomic mass is 16.1. The average Bonchev–Trinajstić information content (AvgIpc) is 3.17. The second-order valence-electron chi connectivity index (χ2n) is 6.51. The molecular formula is C21H21N3O. The number of aryl methyl sites for hydroxylation is 1. The number of fused-ring (bicyclic) bond motifs is 1. The smallest absolute Gasteiger partial charge is 0.254 e. The van der Waals surface area contributed by atoms with Crippen LogP contribution in [0.3, 0.4) is 0 Å². The monoisotopic (exact) mass is 331 g/mol. The molecule has 1 unspecified atom stereocenters. The SMILES string of the molecule is O=C(NCC1CCCc2ccccc21)c1cnn(-c2ccccc2)c1. The summed E-state index contributed by atoms with van der Waals surface area (Å²) in [5.41, 5.74) is 4.34. The summed E-state index contributed by atoms with van der Waals surface area (Å²) in [5, 5.41) is 7.38. The summed E-state index contributed by atoms with van der Waals surface area (Å²) in [4.78, 5) is 12.5. The number of nitrogens with one attached hydrogen (secondary N) is 1. The maximum Gasteiger partial charge on any atom is 0.254 e. The summed E-state index contributed by atoms with van der Waals surface area (Å²) < 4.78 is 1.73. The van der Waals surface area contributed by atoms with Crippen LogP contribution in [-0.4, -0.2) is 22.2 Å². The minimum absolute atomic E-state index is 0.0646. The molecule has 4 heteroatoms. The zero-order chi connectivity index (χ0) is 17.1. The summed E-state index contributed by atoms with van der Waals surface area (Å²) in [7, 11) is 0. The summed E-state index contributed by atoms with van der Waals surface area (Å²) in [6.07, 6.45) is 6.85. The molecule has 0 fully saturated rings. The number of para-hydroxylation sites is 1. The highest BCUT2D eigenvalue weighted by Gasteiger charge is 2.20. The molecule has 3 aromatic rings. The quantitative estimate of drug-likeness (QED) is 0.792. The lowest BCUT2D eigenvalue weighted by Crippen LogP contribution is -2.29. The third-order valence-corrected chi connectivity index (χ3v) is 4.87. The number of benzene rings is 2. The van der Waals surface area contributed by atoms with E-state index < -0.39 is 0 Å². The Morgan fingerprint density at radius 3 is 2.80 bits per heavy atom. The van der Waals surface area contributed by atoms with E-state index in [1.54, 1.807) is 17.1 Å². The molecule has 1 heterocycles. The molecule has 0 saturated heterocycles. The van der Waals surface area contributed by atoms with Crippen molar-refractivity contribution in [1.82, 2.24) is 15.1 Å². The lowest BCUT2D eigenvalue weighted by molar-refractivity contribution is 0.0950. The van der Waals surface area contributed by atoms with Crippen molar-refractivity contribution < 1.29 is 4.79 Å². The molecule has 1 N–H and O–H groups in total. The van der Waals surface area contributed by atoms with Crippen LogP contribution in [0.15, 0.2) is 67.0 Å². The fourth-order valence-electron chi connectivity index (χ4n) is 3.55. The zero-order valence-corrected chi connectivity index (χ0v) is 14.1. The van der Waals surface area contributed by atoms with Gasteiger partial charge in [-0.25, -0.2) is 4.68 Å². The summed E-state index contributed by atoms with van der Waals surface area (Å²) >= 11 is 0. The molecule has 4 rings (SSSR count). The summed E-state index contributed by atoms with van der Waals surface area (Å²) in [6.45, 7) is 0.673. The standard InChI is InChI=1S/C21H21N3O/c25-21(18-14-23-24(15-18)19-10-2-1-3-11-19)22-13-17-9-6-8-16-7-4-5-12-20(16)17/h1-5,7,10-12,14-15,17H,6,8-9,13H2,(H,22,25). The van der Waals surface area contributed by atoms with Gasteiger partial charge >= 0.3 is 0 Å². The van der Waals surface area contributed by atoms with Gasteiger partial charge in [0.25, 0.3) is 5.91 Å². The Balaban J connectivity index is 1.43. The first kappa shape index (κ1) is 15.6. The van der Waals surface area contributed by atoms with Gasteiger partial charge in [0.05, 0.1) is 17.4 Å². The zero-order valence-electron chi connectivity index (χ0n) is 14.1. The molecule has 0 spiro atoms. The van der Waals surface area contributed by atoms with Gasteiger partial charge in [-0.1, -0.05) is 42.5 Å². The Morgan fingerprint density at radius 1 is 1.12 bits per heavy atom. The maximum atomic E-state index is 12.5. The van der Waals surface area contributed by atoms with Crippen LogP contribution in [0, 0.1) is 0 Å².